The highest BCUT2D eigenvalue weighted by molar-refractivity contribution is 6.13. The summed E-state index contributed by atoms with van der Waals surface area (Å²) in [6, 6.07) is 28.1. The molecule has 0 spiro atoms. The van der Waals surface area contributed by atoms with Crippen molar-refractivity contribution < 1.29 is 4.42 Å². The van der Waals surface area contributed by atoms with Gasteiger partial charge in [0.25, 0.3) is 0 Å². The van der Waals surface area contributed by atoms with Crippen molar-refractivity contribution in [1.29, 1.82) is 0 Å². The Morgan fingerprint density at radius 1 is 0.769 bits per heavy atom. The van der Waals surface area contributed by atoms with Crippen molar-refractivity contribution >= 4 is 11.4 Å². The summed E-state index contributed by atoms with van der Waals surface area (Å²) in [4.78, 5) is 4.00. The van der Waals surface area contributed by atoms with Gasteiger partial charge in [-0.1, -0.05) is 72.8 Å². The van der Waals surface area contributed by atoms with Gasteiger partial charge in [0.2, 0.25) is 0 Å². The molecule has 1 N–H and O–H groups in total. The van der Waals surface area contributed by atoms with Gasteiger partial charge < -0.3 is 4.42 Å². The van der Waals surface area contributed by atoms with Crippen LogP contribution in [0.1, 0.15) is 11.1 Å². The first-order valence-electron chi connectivity index (χ1n) is 8.34. The van der Waals surface area contributed by atoms with Crippen LogP contribution in [0.4, 0.5) is 5.69 Å². The SMILES string of the molecule is c1ccc(C(=NNc2ccccc2-c2cnco2)c2ccccc2)cc1. The summed E-state index contributed by atoms with van der Waals surface area (Å²) >= 11 is 0. The van der Waals surface area contributed by atoms with Gasteiger partial charge in [0.15, 0.2) is 12.2 Å². The number of nitrogens with one attached hydrogen (secondary N) is 1. The lowest BCUT2D eigenvalue weighted by Crippen LogP contribution is -2.06. The third-order valence-electron chi connectivity index (χ3n) is 4.01. The second-order valence-corrected chi connectivity index (χ2v) is 5.72. The molecule has 0 aliphatic heterocycles. The zero-order valence-electron chi connectivity index (χ0n) is 14.0. The summed E-state index contributed by atoms with van der Waals surface area (Å²) in [5.74, 6) is 0.698. The van der Waals surface area contributed by atoms with Crippen LogP contribution in [0.5, 0.6) is 0 Å². The van der Waals surface area contributed by atoms with Crippen LogP contribution in [0.15, 0.2) is 107 Å². The maximum atomic E-state index is 5.44. The number of aromatic nitrogens is 1. The molecule has 4 aromatic rings. The van der Waals surface area contributed by atoms with Gasteiger partial charge >= 0.3 is 0 Å². The van der Waals surface area contributed by atoms with Crippen molar-refractivity contribution in [2.75, 3.05) is 5.43 Å². The zero-order valence-corrected chi connectivity index (χ0v) is 14.0. The molecule has 4 nitrogen and oxygen atoms in total. The predicted molar refractivity (Wildman–Crippen MR) is 104 cm³/mol. The molecule has 0 unspecified atom stereocenters. The van der Waals surface area contributed by atoms with Gasteiger partial charge in [0.1, 0.15) is 0 Å². The molecule has 4 heteroatoms. The standard InChI is InChI=1S/C22H17N3O/c1-3-9-17(10-4-1)22(18-11-5-2-6-12-18)25-24-20-14-8-7-13-19(20)21-15-23-16-26-21/h1-16,24H. The fourth-order valence-electron chi connectivity index (χ4n) is 2.75. The molecule has 0 saturated carbocycles. The van der Waals surface area contributed by atoms with Crippen LogP contribution in [0.2, 0.25) is 0 Å². The summed E-state index contributed by atoms with van der Waals surface area (Å²) in [6.07, 6.45) is 3.12. The van der Waals surface area contributed by atoms with E-state index in [1.165, 1.54) is 6.39 Å². The number of benzene rings is 3. The largest absolute Gasteiger partial charge is 0.443 e. The number of para-hydroxylation sites is 1. The molecular weight excluding hydrogens is 322 g/mol. The maximum absolute atomic E-state index is 5.44. The fraction of sp³-hybridized carbons (Fsp3) is 0. The van der Waals surface area contributed by atoms with Gasteiger partial charge in [-0.15, -0.1) is 0 Å². The van der Waals surface area contributed by atoms with E-state index in [0.29, 0.717) is 5.76 Å². The molecular formula is C22H17N3O. The van der Waals surface area contributed by atoms with E-state index in [4.69, 9.17) is 9.52 Å². The summed E-state index contributed by atoms with van der Waals surface area (Å²) < 4.78 is 5.44. The van der Waals surface area contributed by atoms with E-state index in [1.807, 2.05) is 60.7 Å². The monoisotopic (exact) mass is 339 g/mol. The number of anilines is 1. The summed E-state index contributed by atoms with van der Waals surface area (Å²) in [5, 5.41) is 4.71. The average Bonchev–Trinajstić information content (AvgIpc) is 3.25. The minimum atomic E-state index is 0.698. The number of hydrogen-bond donors (Lipinski definition) is 1. The Kier molecular flexibility index (Phi) is 4.56. The van der Waals surface area contributed by atoms with Crippen molar-refractivity contribution in [3.63, 3.8) is 0 Å². The molecule has 1 heterocycles. The Morgan fingerprint density at radius 3 is 2.00 bits per heavy atom. The lowest BCUT2D eigenvalue weighted by atomic mass is 10.0. The first kappa shape index (κ1) is 15.8. The quantitative estimate of drug-likeness (QED) is 0.401. The number of nitrogens with zero attached hydrogens (tertiary/aromatic N) is 2. The lowest BCUT2D eigenvalue weighted by Gasteiger charge is -2.10. The molecule has 26 heavy (non-hydrogen) atoms. The van der Waals surface area contributed by atoms with Crippen molar-refractivity contribution in [1.82, 2.24) is 4.98 Å². The van der Waals surface area contributed by atoms with Crippen molar-refractivity contribution in [2.24, 2.45) is 5.10 Å². The first-order valence-corrected chi connectivity index (χ1v) is 8.34. The van der Waals surface area contributed by atoms with Crippen LogP contribution in [0.25, 0.3) is 11.3 Å². The van der Waals surface area contributed by atoms with Crippen molar-refractivity contribution in [3.05, 3.63) is 109 Å². The number of hydrogen-bond acceptors (Lipinski definition) is 4. The van der Waals surface area contributed by atoms with Crippen LogP contribution in [-0.4, -0.2) is 10.7 Å². The highest BCUT2D eigenvalue weighted by Crippen LogP contribution is 2.27. The van der Waals surface area contributed by atoms with E-state index < -0.39 is 0 Å². The van der Waals surface area contributed by atoms with Crippen LogP contribution in [-0.2, 0) is 0 Å². The number of rotatable bonds is 5. The first-order chi connectivity index (χ1) is 12.9. The highest BCUT2D eigenvalue weighted by atomic mass is 16.3. The summed E-state index contributed by atoms with van der Waals surface area (Å²) in [6.45, 7) is 0. The van der Waals surface area contributed by atoms with Gasteiger partial charge in [0, 0.05) is 16.7 Å². The molecule has 0 atom stereocenters. The van der Waals surface area contributed by atoms with E-state index >= 15 is 0 Å². The molecule has 126 valence electrons. The number of oxazole rings is 1. The predicted octanol–water partition coefficient (Wildman–Crippen LogP) is 5.21. The number of hydrazone groups is 1. The fourth-order valence-corrected chi connectivity index (χ4v) is 2.75. The smallest absolute Gasteiger partial charge is 0.181 e. The Morgan fingerprint density at radius 2 is 1.38 bits per heavy atom. The summed E-state index contributed by atoms with van der Waals surface area (Å²) in [7, 11) is 0. The Hall–Kier alpha value is -3.66. The van der Waals surface area contributed by atoms with Crippen LogP contribution in [0.3, 0.4) is 0 Å². The minimum absolute atomic E-state index is 0.698. The van der Waals surface area contributed by atoms with Crippen molar-refractivity contribution in [2.45, 2.75) is 0 Å². The van der Waals surface area contributed by atoms with E-state index in [9.17, 15) is 0 Å². The molecule has 4 rings (SSSR count). The lowest BCUT2D eigenvalue weighted by molar-refractivity contribution is 0.572. The topological polar surface area (TPSA) is 50.4 Å². The molecule has 1 aromatic heterocycles. The molecule has 3 aromatic carbocycles. The highest BCUT2D eigenvalue weighted by Gasteiger charge is 2.09. The Bertz CT molecular complexity index is 953. The molecule has 0 aliphatic rings. The third-order valence-corrected chi connectivity index (χ3v) is 4.01. The van der Waals surface area contributed by atoms with Crippen molar-refractivity contribution in [3.8, 4) is 11.3 Å². The Balaban J connectivity index is 1.74. The second kappa shape index (κ2) is 7.49. The average molecular weight is 339 g/mol. The van der Waals surface area contributed by atoms with E-state index in [-0.39, 0.29) is 0 Å². The van der Waals surface area contributed by atoms with Gasteiger partial charge in [-0.3, -0.25) is 5.43 Å². The molecule has 0 saturated heterocycles. The van der Waals surface area contributed by atoms with Gasteiger partial charge in [-0.2, -0.15) is 5.10 Å². The molecule has 0 radical (unpaired) electrons. The molecule has 0 fully saturated rings. The maximum Gasteiger partial charge on any atom is 0.181 e. The minimum Gasteiger partial charge on any atom is -0.443 e. The molecule has 0 aliphatic carbocycles. The van der Waals surface area contributed by atoms with E-state index in [1.54, 1.807) is 6.20 Å². The third kappa shape index (κ3) is 3.39. The Labute approximate surface area is 151 Å². The zero-order chi connectivity index (χ0) is 17.6. The van der Waals surface area contributed by atoms with Gasteiger partial charge in [-0.05, 0) is 12.1 Å². The molecule has 0 amide bonds. The second-order valence-electron chi connectivity index (χ2n) is 5.72. The summed E-state index contributed by atoms with van der Waals surface area (Å²) in [5.41, 5.74) is 7.93. The van der Waals surface area contributed by atoms with Crippen LogP contribution >= 0.6 is 0 Å². The van der Waals surface area contributed by atoms with Crippen LogP contribution in [0, 0.1) is 0 Å². The van der Waals surface area contributed by atoms with Gasteiger partial charge in [-0.25, -0.2) is 4.98 Å². The normalized spacial score (nSPS) is 10.3. The van der Waals surface area contributed by atoms with Crippen LogP contribution < -0.4 is 5.43 Å². The molecule has 0 bridgehead atoms. The van der Waals surface area contributed by atoms with E-state index in [0.717, 1.165) is 28.1 Å². The van der Waals surface area contributed by atoms with E-state index in [2.05, 4.69) is 34.7 Å². The van der Waals surface area contributed by atoms with Gasteiger partial charge in [0.05, 0.1) is 17.6 Å².